The molecule has 0 atom stereocenters. The fourth-order valence-corrected chi connectivity index (χ4v) is 4.79. The zero-order valence-corrected chi connectivity index (χ0v) is 14.5. The normalized spacial score (nSPS) is 21.4. The number of imidazole rings is 1. The van der Waals surface area contributed by atoms with Crippen LogP contribution < -0.4 is 0 Å². The molecule has 4 nitrogen and oxygen atoms in total. The summed E-state index contributed by atoms with van der Waals surface area (Å²) >= 11 is 1.32. The highest BCUT2D eigenvalue weighted by Crippen LogP contribution is 2.50. The van der Waals surface area contributed by atoms with E-state index in [9.17, 15) is 4.79 Å². The van der Waals surface area contributed by atoms with Gasteiger partial charge in [-0.1, -0.05) is 39.5 Å². The van der Waals surface area contributed by atoms with E-state index in [1.807, 2.05) is 6.92 Å². The number of hydrogen-bond donors (Lipinski definition) is 1. The molecule has 0 aromatic carbocycles. The molecule has 0 amide bonds. The van der Waals surface area contributed by atoms with Gasteiger partial charge in [-0.15, -0.1) is 0 Å². The highest BCUT2D eigenvalue weighted by Gasteiger charge is 2.39. The molecule has 0 unspecified atom stereocenters. The summed E-state index contributed by atoms with van der Waals surface area (Å²) in [6.07, 6.45) is 5.54. The van der Waals surface area contributed by atoms with Crippen LogP contribution in [0.5, 0.6) is 0 Å². The number of aliphatic carboxylic acids is 1. The third-order valence-electron chi connectivity index (χ3n) is 4.07. The summed E-state index contributed by atoms with van der Waals surface area (Å²) in [5, 5.41) is 9.73. The highest BCUT2D eigenvalue weighted by atomic mass is 32.2. The van der Waals surface area contributed by atoms with Gasteiger partial charge >= 0.3 is 5.97 Å². The summed E-state index contributed by atoms with van der Waals surface area (Å²) in [5.41, 5.74) is 1.57. The molecule has 0 aliphatic heterocycles. The van der Waals surface area contributed by atoms with Crippen LogP contribution >= 0.6 is 11.8 Å². The third-order valence-corrected chi connectivity index (χ3v) is 5.02. The van der Waals surface area contributed by atoms with Crippen LogP contribution in [0, 0.1) is 17.8 Å². The van der Waals surface area contributed by atoms with Gasteiger partial charge in [-0.05, 0) is 37.0 Å². The number of rotatable bonds is 4. The monoisotopic (exact) mass is 310 g/mol. The number of aryl methyl sites for hydroxylation is 1. The molecular weight excluding hydrogens is 284 g/mol. The Balaban J connectivity index is 2.26. The van der Waals surface area contributed by atoms with Gasteiger partial charge in [0.05, 0.1) is 11.4 Å². The molecular formula is C16H26N2O2S. The molecule has 1 aliphatic carbocycles. The van der Waals surface area contributed by atoms with Crippen LogP contribution in [0.1, 0.15) is 58.7 Å². The number of carboxylic acid groups (broad SMARTS) is 1. The average molecular weight is 310 g/mol. The van der Waals surface area contributed by atoms with Crippen molar-refractivity contribution in [1.82, 2.24) is 9.55 Å². The molecule has 0 spiro atoms. The van der Waals surface area contributed by atoms with E-state index in [1.165, 1.54) is 18.2 Å². The van der Waals surface area contributed by atoms with E-state index in [4.69, 9.17) is 5.11 Å². The number of thioether (sulfide) groups is 1. The number of hydrogen-bond acceptors (Lipinski definition) is 3. The second-order valence-electron chi connectivity index (χ2n) is 7.82. The lowest BCUT2D eigenvalue weighted by Crippen LogP contribution is -2.35. The van der Waals surface area contributed by atoms with Crippen LogP contribution in [0.25, 0.3) is 0 Å². The Bertz CT molecular complexity index is 518. The van der Waals surface area contributed by atoms with Crippen molar-refractivity contribution in [3.8, 4) is 0 Å². The lowest BCUT2D eigenvalue weighted by molar-refractivity contribution is -0.133. The summed E-state index contributed by atoms with van der Waals surface area (Å²) in [7, 11) is 0. The minimum Gasteiger partial charge on any atom is -0.481 e. The standard InChI is InChI=1S/C16H26N2O2S/c1-11-8-18(14(17-11)21-9-13(19)20)12-6-15(2,3)10-16(4,5)7-12/h8,12H,6-7,9-10H2,1-5H3,(H,19,20). The van der Waals surface area contributed by atoms with Crippen molar-refractivity contribution in [1.29, 1.82) is 0 Å². The molecule has 118 valence electrons. The maximum Gasteiger partial charge on any atom is 0.313 e. The van der Waals surface area contributed by atoms with Gasteiger partial charge < -0.3 is 9.67 Å². The molecule has 1 N–H and O–H groups in total. The SMILES string of the molecule is Cc1cn(C2CC(C)(C)CC(C)(C)C2)c(SCC(=O)O)n1. The second kappa shape index (κ2) is 5.67. The summed E-state index contributed by atoms with van der Waals surface area (Å²) in [4.78, 5) is 15.3. The molecule has 1 aliphatic rings. The summed E-state index contributed by atoms with van der Waals surface area (Å²) in [6, 6.07) is 0.404. The molecule has 0 saturated heterocycles. The maximum atomic E-state index is 10.8. The van der Waals surface area contributed by atoms with Crippen molar-refractivity contribution in [3.05, 3.63) is 11.9 Å². The quantitative estimate of drug-likeness (QED) is 0.849. The summed E-state index contributed by atoms with van der Waals surface area (Å²) in [5.74, 6) is -0.729. The molecule has 1 fully saturated rings. The summed E-state index contributed by atoms with van der Waals surface area (Å²) < 4.78 is 2.21. The van der Waals surface area contributed by atoms with Crippen LogP contribution in [-0.2, 0) is 4.79 Å². The Morgan fingerprint density at radius 3 is 2.48 bits per heavy atom. The fourth-order valence-electron chi connectivity index (χ4n) is 3.97. The Kier molecular flexibility index (Phi) is 4.43. The van der Waals surface area contributed by atoms with Gasteiger partial charge in [0.25, 0.3) is 0 Å². The van der Waals surface area contributed by atoms with Crippen molar-refractivity contribution in [2.45, 2.75) is 65.1 Å². The van der Waals surface area contributed by atoms with Gasteiger partial charge in [-0.3, -0.25) is 4.79 Å². The van der Waals surface area contributed by atoms with Crippen molar-refractivity contribution in [3.63, 3.8) is 0 Å². The first kappa shape index (κ1) is 16.4. The number of aromatic nitrogens is 2. The second-order valence-corrected chi connectivity index (χ2v) is 8.76. The maximum absolute atomic E-state index is 10.8. The predicted octanol–water partition coefficient (Wildman–Crippen LogP) is 4.15. The number of carbonyl (C=O) groups is 1. The average Bonchev–Trinajstić information content (AvgIpc) is 2.63. The molecule has 21 heavy (non-hydrogen) atoms. The Morgan fingerprint density at radius 2 is 1.95 bits per heavy atom. The van der Waals surface area contributed by atoms with Gasteiger partial charge in [-0.25, -0.2) is 4.98 Å². The largest absolute Gasteiger partial charge is 0.481 e. The smallest absolute Gasteiger partial charge is 0.313 e. The molecule has 1 aromatic rings. The minimum atomic E-state index is -0.795. The Labute approximate surface area is 131 Å². The lowest BCUT2D eigenvalue weighted by atomic mass is 9.63. The summed E-state index contributed by atoms with van der Waals surface area (Å²) in [6.45, 7) is 11.3. The first-order valence-corrected chi connectivity index (χ1v) is 8.47. The highest BCUT2D eigenvalue weighted by molar-refractivity contribution is 7.99. The lowest BCUT2D eigenvalue weighted by Gasteiger charge is -2.45. The zero-order chi connectivity index (χ0) is 15.8. The van der Waals surface area contributed by atoms with Crippen molar-refractivity contribution >= 4 is 17.7 Å². The van der Waals surface area contributed by atoms with E-state index in [1.54, 1.807) is 0 Å². The van der Waals surface area contributed by atoms with Crippen LogP contribution in [-0.4, -0.2) is 26.4 Å². The topological polar surface area (TPSA) is 55.1 Å². The van der Waals surface area contributed by atoms with E-state index in [-0.39, 0.29) is 5.75 Å². The van der Waals surface area contributed by atoms with Crippen molar-refractivity contribution in [2.75, 3.05) is 5.75 Å². The molecule has 0 radical (unpaired) electrons. The molecule has 1 saturated carbocycles. The van der Waals surface area contributed by atoms with E-state index in [0.29, 0.717) is 16.9 Å². The Morgan fingerprint density at radius 1 is 1.38 bits per heavy atom. The molecule has 5 heteroatoms. The molecule has 1 aromatic heterocycles. The third kappa shape index (κ3) is 4.25. The van der Waals surface area contributed by atoms with Crippen molar-refractivity contribution in [2.24, 2.45) is 10.8 Å². The first-order valence-electron chi connectivity index (χ1n) is 7.48. The van der Waals surface area contributed by atoms with Gasteiger partial charge in [0.1, 0.15) is 0 Å². The van der Waals surface area contributed by atoms with Gasteiger partial charge in [0.2, 0.25) is 0 Å². The van der Waals surface area contributed by atoms with Crippen molar-refractivity contribution < 1.29 is 9.90 Å². The van der Waals surface area contributed by atoms with E-state index in [0.717, 1.165) is 23.7 Å². The van der Waals surface area contributed by atoms with Crippen LogP contribution in [0.3, 0.4) is 0 Å². The first-order chi connectivity index (χ1) is 9.58. The van der Waals surface area contributed by atoms with Gasteiger partial charge in [0.15, 0.2) is 5.16 Å². The number of carboxylic acids is 1. The van der Waals surface area contributed by atoms with Gasteiger partial charge in [0, 0.05) is 12.2 Å². The minimum absolute atomic E-state index is 0.0654. The van der Waals surface area contributed by atoms with E-state index >= 15 is 0 Å². The van der Waals surface area contributed by atoms with E-state index in [2.05, 4.69) is 43.4 Å². The Hall–Kier alpha value is -0.970. The predicted molar refractivity (Wildman–Crippen MR) is 85.8 cm³/mol. The van der Waals surface area contributed by atoms with E-state index < -0.39 is 5.97 Å². The van der Waals surface area contributed by atoms with Crippen LogP contribution in [0.4, 0.5) is 0 Å². The van der Waals surface area contributed by atoms with Crippen LogP contribution in [0.2, 0.25) is 0 Å². The van der Waals surface area contributed by atoms with Gasteiger partial charge in [-0.2, -0.15) is 0 Å². The number of nitrogens with zero attached hydrogens (tertiary/aromatic N) is 2. The zero-order valence-electron chi connectivity index (χ0n) is 13.6. The molecule has 1 heterocycles. The molecule has 2 rings (SSSR count). The van der Waals surface area contributed by atoms with Crippen LogP contribution in [0.15, 0.2) is 11.4 Å². The molecule has 0 bridgehead atoms. The fraction of sp³-hybridized carbons (Fsp3) is 0.750.